The van der Waals surface area contributed by atoms with Gasteiger partial charge in [0.15, 0.2) is 0 Å². The summed E-state index contributed by atoms with van der Waals surface area (Å²) >= 11 is 0. The SMILES string of the molecule is CNc1cc(NCCC(=O)NCCOC)ccn1. The van der Waals surface area contributed by atoms with Crippen LogP contribution >= 0.6 is 0 Å². The van der Waals surface area contributed by atoms with Crippen LogP contribution in [0.25, 0.3) is 0 Å². The standard InChI is InChI=1S/C12H20N4O2/c1-13-11-9-10(3-5-15-11)14-6-4-12(17)16-7-8-18-2/h3,5,9H,4,6-8H2,1-2H3,(H,16,17)(H2,13,14,15). The van der Waals surface area contributed by atoms with E-state index < -0.39 is 0 Å². The molecule has 1 aromatic heterocycles. The van der Waals surface area contributed by atoms with Gasteiger partial charge in [0.1, 0.15) is 5.82 Å². The minimum absolute atomic E-state index is 0.0162. The minimum atomic E-state index is 0.0162. The van der Waals surface area contributed by atoms with Crippen molar-refractivity contribution < 1.29 is 9.53 Å². The Bertz CT molecular complexity index is 371. The number of nitrogens with one attached hydrogen (secondary N) is 3. The zero-order valence-electron chi connectivity index (χ0n) is 10.8. The molecule has 1 amide bonds. The highest BCUT2D eigenvalue weighted by molar-refractivity contribution is 5.76. The Kier molecular flexibility index (Phi) is 6.56. The van der Waals surface area contributed by atoms with Crippen molar-refractivity contribution in [3.05, 3.63) is 18.3 Å². The van der Waals surface area contributed by atoms with Crippen LogP contribution in [-0.4, -0.2) is 44.7 Å². The van der Waals surface area contributed by atoms with Gasteiger partial charge >= 0.3 is 0 Å². The molecule has 0 aromatic carbocycles. The lowest BCUT2D eigenvalue weighted by Gasteiger charge is -2.08. The van der Waals surface area contributed by atoms with Crippen molar-refractivity contribution in [3.8, 4) is 0 Å². The van der Waals surface area contributed by atoms with Crippen molar-refractivity contribution in [2.45, 2.75) is 6.42 Å². The maximum absolute atomic E-state index is 11.4. The molecule has 1 rings (SSSR count). The fraction of sp³-hybridized carbons (Fsp3) is 0.500. The van der Waals surface area contributed by atoms with E-state index >= 15 is 0 Å². The predicted octanol–water partition coefficient (Wildman–Crippen LogP) is 0.688. The number of rotatable bonds is 8. The monoisotopic (exact) mass is 252 g/mol. The lowest BCUT2D eigenvalue weighted by atomic mass is 10.3. The lowest BCUT2D eigenvalue weighted by molar-refractivity contribution is -0.121. The van der Waals surface area contributed by atoms with Crippen molar-refractivity contribution in [1.82, 2.24) is 10.3 Å². The summed E-state index contributed by atoms with van der Waals surface area (Å²) in [5.74, 6) is 0.812. The third-order valence-corrected chi connectivity index (χ3v) is 2.33. The Labute approximate surface area is 107 Å². The van der Waals surface area contributed by atoms with Crippen LogP contribution in [0.4, 0.5) is 11.5 Å². The van der Waals surface area contributed by atoms with Crippen molar-refractivity contribution in [2.75, 3.05) is 44.5 Å². The number of carbonyl (C=O) groups is 1. The first-order chi connectivity index (χ1) is 8.76. The summed E-state index contributed by atoms with van der Waals surface area (Å²) in [7, 11) is 3.42. The van der Waals surface area contributed by atoms with E-state index in [0.29, 0.717) is 26.1 Å². The molecule has 0 fully saturated rings. The van der Waals surface area contributed by atoms with E-state index in [2.05, 4.69) is 20.9 Å². The number of hydrogen-bond donors (Lipinski definition) is 3. The molecule has 0 atom stereocenters. The van der Waals surface area contributed by atoms with Crippen LogP contribution in [0.5, 0.6) is 0 Å². The molecule has 1 aromatic rings. The number of methoxy groups -OCH3 is 1. The Hall–Kier alpha value is -1.82. The number of ether oxygens (including phenoxy) is 1. The summed E-state index contributed by atoms with van der Waals surface area (Å²) in [6.45, 7) is 1.68. The highest BCUT2D eigenvalue weighted by Crippen LogP contribution is 2.10. The van der Waals surface area contributed by atoms with Crippen LogP contribution < -0.4 is 16.0 Å². The van der Waals surface area contributed by atoms with Gasteiger partial charge in [0, 0.05) is 51.6 Å². The summed E-state index contributed by atoms with van der Waals surface area (Å²) in [6.07, 6.45) is 2.15. The second-order valence-corrected chi connectivity index (χ2v) is 3.70. The molecule has 6 heteroatoms. The molecule has 18 heavy (non-hydrogen) atoms. The van der Waals surface area contributed by atoms with Crippen molar-refractivity contribution in [2.24, 2.45) is 0 Å². The summed E-state index contributed by atoms with van der Waals surface area (Å²) in [5.41, 5.74) is 0.944. The van der Waals surface area contributed by atoms with E-state index in [1.54, 1.807) is 13.3 Å². The van der Waals surface area contributed by atoms with E-state index in [1.807, 2.05) is 19.2 Å². The van der Waals surface area contributed by atoms with E-state index in [9.17, 15) is 4.79 Å². The quantitative estimate of drug-likeness (QED) is 0.593. The van der Waals surface area contributed by atoms with Crippen molar-refractivity contribution >= 4 is 17.4 Å². The summed E-state index contributed by atoms with van der Waals surface area (Å²) in [5, 5.41) is 8.89. The zero-order valence-corrected chi connectivity index (χ0v) is 10.8. The molecule has 0 bridgehead atoms. The van der Waals surface area contributed by atoms with Gasteiger partial charge in [-0.2, -0.15) is 0 Å². The number of anilines is 2. The number of aromatic nitrogens is 1. The van der Waals surface area contributed by atoms with Gasteiger partial charge in [0.2, 0.25) is 5.91 Å². The smallest absolute Gasteiger partial charge is 0.221 e. The van der Waals surface area contributed by atoms with Gasteiger partial charge < -0.3 is 20.7 Å². The predicted molar refractivity (Wildman–Crippen MR) is 71.8 cm³/mol. The molecular formula is C12H20N4O2. The molecule has 100 valence electrons. The molecule has 0 aliphatic carbocycles. The molecule has 0 aliphatic heterocycles. The van der Waals surface area contributed by atoms with Gasteiger partial charge in [0.25, 0.3) is 0 Å². The molecule has 0 aliphatic rings. The van der Waals surface area contributed by atoms with Crippen molar-refractivity contribution in [3.63, 3.8) is 0 Å². The maximum Gasteiger partial charge on any atom is 0.221 e. The van der Waals surface area contributed by atoms with Gasteiger partial charge in [0.05, 0.1) is 6.61 Å². The normalized spacial score (nSPS) is 9.89. The fourth-order valence-electron chi connectivity index (χ4n) is 1.38. The Morgan fingerprint density at radius 1 is 1.44 bits per heavy atom. The molecular weight excluding hydrogens is 232 g/mol. The van der Waals surface area contributed by atoms with E-state index in [-0.39, 0.29) is 5.91 Å². The first-order valence-electron chi connectivity index (χ1n) is 5.89. The van der Waals surface area contributed by atoms with Crippen LogP contribution in [0.1, 0.15) is 6.42 Å². The minimum Gasteiger partial charge on any atom is -0.384 e. The third kappa shape index (κ3) is 5.49. The van der Waals surface area contributed by atoms with Gasteiger partial charge in [-0.25, -0.2) is 4.98 Å². The first-order valence-corrected chi connectivity index (χ1v) is 5.89. The van der Waals surface area contributed by atoms with Crippen LogP contribution in [-0.2, 0) is 9.53 Å². The van der Waals surface area contributed by atoms with Gasteiger partial charge in [-0.1, -0.05) is 0 Å². The second kappa shape index (κ2) is 8.30. The van der Waals surface area contributed by atoms with Crippen LogP contribution in [0.3, 0.4) is 0 Å². The highest BCUT2D eigenvalue weighted by atomic mass is 16.5. The summed E-state index contributed by atoms with van der Waals surface area (Å²) in [6, 6.07) is 3.76. The number of carbonyl (C=O) groups excluding carboxylic acids is 1. The molecule has 1 heterocycles. The largest absolute Gasteiger partial charge is 0.384 e. The summed E-state index contributed by atoms with van der Waals surface area (Å²) < 4.78 is 4.85. The fourth-order valence-corrected chi connectivity index (χ4v) is 1.38. The van der Waals surface area contributed by atoms with Gasteiger partial charge in [-0.05, 0) is 6.07 Å². The van der Waals surface area contributed by atoms with E-state index in [1.165, 1.54) is 0 Å². The third-order valence-electron chi connectivity index (χ3n) is 2.33. The maximum atomic E-state index is 11.4. The average Bonchev–Trinajstić information content (AvgIpc) is 2.39. The molecule has 0 radical (unpaired) electrons. The average molecular weight is 252 g/mol. The zero-order chi connectivity index (χ0) is 13.2. The Morgan fingerprint density at radius 2 is 2.28 bits per heavy atom. The first kappa shape index (κ1) is 14.2. The summed E-state index contributed by atoms with van der Waals surface area (Å²) in [4.78, 5) is 15.5. The molecule has 0 unspecified atom stereocenters. The molecule has 0 spiro atoms. The van der Waals surface area contributed by atoms with Crippen LogP contribution in [0, 0.1) is 0 Å². The Balaban J connectivity index is 2.22. The number of hydrogen-bond acceptors (Lipinski definition) is 5. The lowest BCUT2D eigenvalue weighted by Crippen LogP contribution is -2.28. The molecule has 3 N–H and O–H groups in total. The van der Waals surface area contributed by atoms with E-state index in [0.717, 1.165) is 11.5 Å². The Morgan fingerprint density at radius 3 is 3.00 bits per heavy atom. The van der Waals surface area contributed by atoms with E-state index in [4.69, 9.17) is 4.74 Å². The molecule has 6 nitrogen and oxygen atoms in total. The number of amides is 1. The highest BCUT2D eigenvalue weighted by Gasteiger charge is 2.00. The van der Waals surface area contributed by atoms with Crippen LogP contribution in [0.2, 0.25) is 0 Å². The van der Waals surface area contributed by atoms with Crippen molar-refractivity contribution in [1.29, 1.82) is 0 Å². The topological polar surface area (TPSA) is 75.3 Å². The number of nitrogens with zero attached hydrogens (tertiary/aromatic N) is 1. The number of pyridine rings is 1. The second-order valence-electron chi connectivity index (χ2n) is 3.70. The van der Waals surface area contributed by atoms with Crippen LogP contribution in [0.15, 0.2) is 18.3 Å². The molecule has 0 saturated carbocycles. The van der Waals surface area contributed by atoms with Gasteiger partial charge in [-0.15, -0.1) is 0 Å². The van der Waals surface area contributed by atoms with Gasteiger partial charge in [-0.3, -0.25) is 4.79 Å². The molecule has 0 saturated heterocycles.